The van der Waals surface area contributed by atoms with E-state index in [-0.39, 0.29) is 29.1 Å². The zero-order valence-corrected chi connectivity index (χ0v) is 18.9. The van der Waals surface area contributed by atoms with Gasteiger partial charge in [-0.3, -0.25) is 9.59 Å². The average molecular weight is 431 g/mol. The van der Waals surface area contributed by atoms with Gasteiger partial charge < -0.3 is 19.7 Å². The Balaban J connectivity index is 1.69. The third-order valence-electron chi connectivity index (χ3n) is 9.03. The minimum atomic E-state index is -0.993. The Morgan fingerprint density at radius 3 is 2.48 bits per heavy atom. The van der Waals surface area contributed by atoms with Crippen LogP contribution in [-0.4, -0.2) is 46.1 Å². The van der Waals surface area contributed by atoms with Gasteiger partial charge in [-0.15, -0.1) is 6.42 Å². The standard InChI is InChI=1S/C25H34O6/c1-6-25(31-15(3)27)10-9-18-17-8-7-16-11-21(30-14(2)26)19(28)12-23(16,4)22(17)20(29)13-24(18,25)5/h1,7,17-22,28-29H,8-13H2,2-5H3/t17-,18-,19?,20?,21?,22-,23-,24-,25?/m0/s1. The minimum Gasteiger partial charge on any atom is -0.459 e. The highest BCUT2D eigenvalue weighted by molar-refractivity contribution is 5.67. The molecule has 0 radical (unpaired) electrons. The van der Waals surface area contributed by atoms with Gasteiger partial charge in [-0.05, 0) is 55.3 Å². The maximum absolute atomic E-state index is 11.9. The van der Waals surface area contributed by atoms with E-state index < -0.39 is 35.3 Å². The van der Waals surface area contributed by atoms with Gasteiger partial charge in [0.05, 0.1) is 12.2 Å². The Morgan fingerprint density at radius 2 is 1.87 bits per heavy atom. The van der Waals surface area contributed by atoms with Gasteiger partial charge in [0.15, 0.2) is 5.60 Å². The topological polar surface area (TPSA) is 93.1 Å². The highest BCUT2D eigenvalue weighted by Gasteiger charge is 2.68. The van der Waals surface area contributed by atoms with Crippen molar-refractivity contribution in [1.29, 1.82) is 0 Å². The lowest BCUT2D eigenvalue weighted by Gasteiger charge is -2.60. The molecule has 0 aromatic carbocycles. The Kier molecular flexibility index (Phi) is 5.30. The van der Waals surface area contributed by atoms with E-state index in [1.54, 1.807) is 0 Å². The molecule has 4 aliphatic rings. The first kappa shape index (κ1) is 22.4. The number of terminal acetylenes is 1. The van der Waals surface area contributed by atoms with Crippen molar-refractivity contribution in [2.24, 2.45) is 28.6 Å². The van der Waals surface area contributed by atoms with Gasteiger partial charge >= 0.3 is 11.9 Å². The molecule has 31 heavy (non-hydrogen) atoms. The molecular weight excluding hydrogens is 396 g/mol. The Morgan fingerprint density at radius 1 is 1.16 bits per heavy atom. The van der Waals surface area contributed by atoms with Crippen molar-refractivity contribution < 1.29 is 29.3 Å². The average Bonchev–Trinajstić information content (AvgIpc) is 2.93. The second kappa shape index (κ2) is 7.35. The van der Waals surface area contributed by atoms with E-state index >= 15 is 0 Å². The zero-order chi connectivity index (χ0) is 22.8. The molecule has 6 heteroatoms. The van der Waals surface area contributed by atoms with Crippen LogP contribution >= 0.6 is 0 Å². The molecule has 9 atom stereocenters. The maximum atomic E-state index is 11.9. The molecule has 0 aromatic heterocycles. The van der Waals surface area contributed by atoms with E-state index in [4.69, 9.17) is 15.9 Å². The molecule has 0 bridgehead atoms. The van der Waals surface area contributed by atoms with Crippen LogP contribution in [0.25, 0.3) is 0 Å². The summed E-state index contributed by atoms with van der Waals surface area (Å²) in [7, 11) is 0. The van der Waals surface area contributed by atoms with Gasteiger partial charge in [-0.2, -0.15) is 0 Å². The zero-order valence-electron chi connectivity index (χ0n) is 18.9. The number of aliphatic hydroxyl groups is 2. The summed E-state index contributed by atoms with van der Waals surface area (Å²) in [5, 5.41) is 22.3. The van der Waals surface area contributed by atoms with Gasteiger partial charge in [-0.1, -0.05) is 31.4 Å². The van der Waals surface area contributed by atoms with Crippen LogP contribution in [0, 0.1) is 40.9 Å². The summed E-state index contributed by atoms with van der Waals surface area (Å²) in [6, 6.07) is 0. The number of allylic oxidation sites excluding steroid dienone is 1. The molecule has 170 valence electrons. The van der Waals surface area contributed by atoms with Crippen LogP contribution in [0.4, 0.5) is 0 Å². The molecule has 0 amide bonds. The largest absolute Gasteiger partial charge is 0.459 e. The summed E-state index contributed by atoms with van der Waals surface area (Å²) < 4.78 is 11.1. The molecule has 0 spiro atoms. The van der Waals surface area contributed by atoms with Gasteiger partial charge in [0.2, 0.25) is 0 Å². The molecule has 3 saturated carbocycles. The summed E-state index contributed by atoms with van der Waals surface area (Å²) in [6.45, 7) is 6.95. The second-order valence-electron chi connectivity index (χ2n) is 10.6. The van der Waals surface area contributed by atoms with E-state index in [9.17, 15) is 19.8 Å². The molecular formula is C25H34O6. The normalized spacial score (nSPS) is 48.4. The number of fused-ring (bicyclic) bond motifs is 5. The number of rotatable bonds is 2. The molecule has 4 aliphatic carbocycles. The van der Waals surface area contributed by atoms with Crippen molar-refractivity contribution in [3.05, 3.63) is 11.6 Å². The van der Waals surface area contributed by atoms with E-state index in [2.05, 4.69) is 25.8 Å². The van der Waals surface area contributed by atoms with Gasteiger partial charge in [-0.25, -0.2) is 0 Å². The summed E-state index contributed by atoms with van der Waals surface area (Å²) in [6.07, 6.45) is 9.89. The van der Waals surface area contributed by atoms with E-state index in [0.717, 1.165) is 18.4 Å². The number of hydrogen-bond donors (Lipinski definition) is 2. The quantitative estimate of drug-likeness (QED) is 0.398. The van der Waals surface area contributed by atoms with Crippen LogP contribution in [0.3, 0.4) is 0 Å². The van der Waals surface area contributed by atoms with Crippen molar-refractivity contribution in [3.8, 4) is 12.3 Å². The highest BCUT2D eigenvalue weighted by Crippen LogP contribution is 2.67. The van der Waals surface area contributed by atoms with Gasteiger partial charge in [0.1, 0.15) is 6.10 Å². The molecule has 4 rings (SSSR count). The van der Waals surface area contributed by atoms with Crippen LogP contribution in [0.1, 0.15) is 66.2 Å². The third kappa shape index (κ3) is 3.15. The molecule has 6 nitrogen and oxygen atoms in total. The Labute approximate surface area is 184 Å². The van der Waals surface area contributed by atoms with Crippen molar-refractivity contribution in [3.63, 3.8) is 0 Å². The fourth-order valence-electron chi connectivity index (χ4n) is 7.81. The van der Waals surface area contributed by atoms with E-state index in [1.807, 2.05) is 0 Å². The van der Waals surface area contributed by atoms with Crippen LogP contribution in [0.15, 0.2) is 11.6 Å². The minimum absolute atomic E-state index is 0.0237. The summed E-state index contributed by atoms with van der Waals surface area (Å²) in [5.74, 6) is 2.40. The predicted molar refractivity (Wildman–Crippen MR) is 113 cm³/mol. The van der Waals surface area contributed by atoms with Crippen LogP contribution in [-0.2, 0) is 19.1 Å². The lowest BCUT2D eigenvalue weighted by Crippen LogP contribution is -2.61. The first-order valence-electron chi connectivity index (χ1n) is 11.4. The number of carbonyl (C=O) groups is 2. The monoisotopic (exact) mass is 430 g/mol. The maximum Gasteiger partial charge on any atom is 0.304 e. The molecule has 4 unspecified atom stereocenters. The Bertz CT molecular complexity index is 857. The highest BCUT2D eigenvalue weighted by atomic mass is 16.6. The number of aliphatic hydroxyl groups excluding tert-OH is 2. The SMILES string of the molecule is C#CC1(OC(C)=O)CC[C@H]2[C@@H]3CC=C4CC(OC(C)=O)C(O)C[C@]4(C)[C@@H]3C(O)C[C@@]21C. The lowest BCUT2D eigenvalue weighted by atomic mass is 9.46. The molecule has 0 aliphatic heterocycles. The van der Waals surface area contributed by atoms with Gasteiger partial charge in [0.25, 0.3) is 0 Å². The van der Waals surface area contributed by atoms with Crippen LogP contribution in [0.5, 0.6) is 0 Å². The number of esters is 2. The fourth-order valence-corrected chi connectivity index (χ4v) is 7.81. The predicted octanol–water partition coefficient (Wildman–Crippen LogP) is 2.76. The molecule has 3 fully saturated rings. The Hall–Kier alpha value is -1.84. The first-order chi connectivity index (χ1) is 14.5. The van der Waals surface area contributed by atoms with E-state index in [0.29, 0.717) is 25.7 Å². The van der Waals surface area contributed by atoms with Crippen molar-refractivity contribution in [2.45, 2.75) is 90.1 Å². The fraction of sp³-hybridized carbons (Fsp3) is 0.760. The van der Waals surface area contributed by atoms with Crippen LogP contribution < -0.4 is 0 Å². The summed E-state index contributed by atoms with van der Waals surface area (Å²) in [4.78, 5) is 23.3. The van der Waals surface area contributed by atoms with Crippen molar-refractivity contribution >= 4 is 11.9 Å². The summed E-state index contributed by atoms with van der Waals surface area (Å²) >= 11 is 0. The molecule has 2 N–H and O–H groups in total. The molecule has 0 heterocycles. The third-order valence-corrected chi connectivity index (χ3v) is 9.03. The number of carbonyl (C=O) groups excluding carboxylic acids is 2. The van der Waals surface area contributed by atoms with Crippen molar-refractivity contribution in [2.75, 3.05) is 0 Å². The molecule has 0 saturated heterocycles. The van der Waals surface area contributed by atoms with Crippen LogP contribution in [0.2, 0.25) is 0 Å². The smallest absolute Gasteiger partial charge is 0.304 e. The molecule has 0 aromatic rings. The lowest BCUT2D eigenvalue weighted by molar-refractivity contribution is -0.186. The van der Waals surface area contributed by atoms with Gasteiger partial charge in [0, 0.05) is 25.7 Å². The second-order valence-corrected chi connectivity index (χ2v) is 10.6. The first-order valence-corrected chi connectivity index (χ1v) is 11.4. The number of ether oxygens (including phenoxy) is 2. The number of hydrogen-bond acceptors (Lipinski definition) is 6. The van der Waals surface area contributed by atoms with E-state index in [1.165, 1.54) is 13.8 Å². The van der Waals surface area contributed by atoms with Crippen molar-refractivity contribution in [1.82, 2.24) is 0 Å². The summed E-state index contributed by atoms with van der Waals surface area (Å²) in [5.41, 5.74) is -0.701.